The highest BCUT2D eigenvalue weighted by molar-refractivity contribution is 6.28. The molecule has 1 aliphatic heterocycles. The maximum Gasteiger partial charge on any atom is 0.231 e. The quantitative estimate of drug-likeness (QED) is 0.835. The number of nitrogens with one attached hydrogen (secondary N) is 1. The second-order valence-corrected chi connectivity index (χ2v) is 5.91. The van der Waals surface area contributed by atoms with Crippen LogP contribution in [0, 0.1) is 5.92 Å². The molecule has 21 heavy (non-hydrogen) atoms. The Labute approximate surface area is 131 Å². The summed E-state index contributed by atoms with van der Waals surface area (Å²) >= 11 is 6.04. The van der Waals surface area contributed by atoms with E-state index >= 15 is 0 Å². The van der Waals surface area contributed by atoms with Crippen molar-refractivity contribution in [1.82, 2.24) is 15.0 Å². The normalized spacial score (nSPS) is 16.5. The molecule has 6 nitrogen and oxygen atoms in total. The molecule has 0 amide bonds. The van der Waals surface area contributed by atoms with Crippen molar-refractivity contribution >= 4 is 23.5 Å². The Hall–Kier alpha value is -1.14. The van der Waals surface area contributed by atoms with Crippen LogP contribution in [0.2, 0.25) is 5.28 Å². The number of rotatable bonds is 7. The summed E-state index contributed by atoms with van der Waals surface area (Å²) in [5.74, 6) is 1.59. The topological polar surface area (TPSA) is 63.2 Å². The van der Waals surface area contributed by atoms with Crippen molar-refractivity contribution in [3.8, 4) is 0 Å². The minimum Gasteiger partial charge on any atom is -0.380 e. The molecule has 0 bridgehead atoms. The molecule has 1 N–H and O–H groups in total. The van der Waals surface area contributed by atoms with Gasteiger partial charge in [-0.2, -0.15) is 15.0 Å². The van der Waals surface area contributed by atoms with Gasteiger partial charge in [-0.3, -0.25) is 0 Å². The summed E-state index contributed by atoms with van der Waals surface area (Å²) in [6, 6.07) is 0.148. The standard InChI is InChI=1S/C14H24ClN5O/c1-4-21-9-11(10(2)3)16-13-17-12(15)18-14(19-13)20-7-5-6-8-20/h10-11H,4-9H2,1-3H3,(H,16,17,18,19). The van der Waals surface area contributed by atoms with Crippen LogP contribution in [-0.4, -0.2) is 47.3 Å². The summed E-state index contributed by atoms with van der Waals surface area (Å²) in [7, 11) is 0. The van der Waals surface area contributed by atoms with Gasteiger partial charge in [0.25, 0.3) is 0 Å². The number of hydrogen-bond acceptors (Lipinski definition) is 6. The summed E-state index contributed by atoms with van der Waals surface area (Å²) in [5.41, 5.74) is 0. The van der Waals surface area contributed by atoms with Crippen LogP contribution in [0.15, 0.2) is 0 Å². The predicted molar refractivity (Wildman–Crippen MR) is 85.0 cm³/mol. The Balaban J connectivity index is 2.10. The minimum absolute atomic E-state index is 0.148. The lowest BCUT2D eigenvalue weighted by Gasteiger charge is -2.23. The van der Waals surface area contributed by atoms with E-state index in [4.69, 9.17) is 16.3 Å². The Morgan fingerprint density at radius 2 is 1.95 bits per heavy atom. The third kappa shape index (κ3) is 4.68. The molecule has 1 atom stereocenters. The zero-order chi connectivity index (χ0) is 15.2. The van der Waals surface area contributed by atoms with Crippen molar-refractivity contribution in [3.63, 3.8) is 0 Å². The van der Waals surface area contributed by atoms with Gasteiger partial charge in [-0.05, 0) is 37.3 Å². The molecule has 2 heterocycles. The van der Waals surface area contributed by atoms with E-state index in [0.29, 0.717) is 31.0 Å². The van der Waals surface area contributed by atoms with Crippen molar-refractivity contribution in [2.24, 2.45) is 5.92 Å². The molecule has 0 spiro atoms. The number of halogens is 1. The van der Waals surface area contributed by atoms with Gasteiger partial charge in [0.05, 0.1) is 12.6 Å². The van der Waals surface area contributed by atoms with Crippen LogP contribution in [0.5, 0.6) is 0 Å². The molecule has 1 aliphatic rings. The fourth-order valence-corrected chi connectivity index (χ4v) is 2.43. The summed E-state index contributed by atoms with van der Waals surface area (Å²) < 4.78 is 5.51. The molecular formula is C14H24ClN5O. The summed E-state index contributed by atoms with van der Waals surface area (Å²) in [4.78, 5) is 15.1. The van der Waals surface area contributed by atoms with E-state index in [-0.39, 0.29) is 11.3 Å². The van der Waals surface area contributed by atoms with Gasteiger partial charge in [0.2, 0.25) is 17.2 Å². The highest BCUT2D eigenvalue weighted by Crippen LogP contribution is 2.19. The number of anilines is 2. The van der Waals surface area contributed by atoms with E-state index < -0.39 is 0 Å². The SMILES string of the molecule is CCOCC(Nc1nc(Cl)nc(N2CCCC2)n1)C(C)C. The molecule has 1 aromatic rings. The Morgan fingerprint density at radius 3 is 2.57 bits per heavy atom. The van der Waals surface area contributed by atoms with Crippen LogP contribution in [0.1, 0.15) is 33.6 Å². The fraction of sp³-hybridized carbons (Fsp3) is 0.786. The van der Waals surface area contributed by atoms with E-state index in [1.54, 1.807) is 0 Å². The molecule has 118 valence electrons. The smallest absolute Gasteiger partial charge is 0.231 e. The van der Waals surface area contributed by atoms with E-state index in [0.717, 1.165) is 13.1 Å². The third-order valence-electron chi connectivity index (χ3n) is 3.61. The maximum absolute atomic E-state index is 6.04. The lowest BCUT2D eigenvalue weighted by Crippen LogP contribution is -2.32. The average Bonchev–Trinajstić information content (AvgIpc) is 2.96. The van der Waals surface area contributed by atoms with Crippen LogP contribution in [0.4, 0.5) is 11.9 Å². The fourth-order valence-electron chi connectivity index (χ4n) is 2.27. The predicted octanol–water partition coefficient (Wildman–Crippen LogP) is 2.60. The molecule has 0 aliphatic carbocycles. The first kappa shape index (κ1) is 16.2. The maximum atomic E-state index is 6.04. The van der Waals surface area contributed by atoms with Gasteiger partial charge in [-0.25, -0.2) is 0 Å². The van der Waals surface area contributed by atoms with E-state index in [1.165, 1.54) is 12.8 Å². The molecule has 1 unspecified atom stereocenters. The second kappa shape index (κ2) is 7.75. The first-order chi connectivity index (χ1) is 10.1. The number of nitrogens with zero attached hydrogens (tertiary/aromatic N) is 4. The summed E-state index contributed by atoms with van der Waals surface area (Å²) in [6.07, 6.45) is 2.34. The van der Waals surface area contributed by atoms with E-state index in [1.807, 2.05) is 6.92 Å². The van der Waals surface area contributed by atoms with E-state index in [9.17, 15) is 0 Å². The van der Waals surface area contributed by atoms with Crippen LogP contribution in [-0.2, 0) is 4.74 Å². The zero-order valence-corrected chi connectivity index (χ0v) is 13.7. The molecule has 1 fully saturated rings. The molecular weight excluding hydrogens is 290 g/mol. The third-order valence-corrected chi connectivity index (χ3v) is 3.78. The van der Waals surface area contributed by atoms with Gasteiger partial charge in [-0.15, -0.1) is 0 Å². The van der Waals surface area contributed by atoms with Gasteiger partial charge < -0.3 is 15.0 Å². The molecule has 1 aromatic heterocycles. The number of hydrogen-bond donors (Lipinski definition) is 1. The Kier molecular flexibility index (Phi) is 5.99. The van der Waals surface area contributed by atoms with E-state index in [2.05, 4.69) is 39.0 Å². The van der Waals surface area contributed by atoms with Crippen LogP contribution >= 0.6 is 11.6 Å². The van der Waals surface area contributed by atoms with Crippen molar-refractivity contribution in [1.29, 1.82) is 0 Å². The van der Waals surface area contributed by atoms with Crippen molar-refractivity contribution < 1.29 is 4.74 Å². The van der Waals surface area contributed by atoms with Crippen LogP contribution in [0.3, 0.4) is 0 Å². The van der Waals surface area contributed by atoms with Gasteiger partial charge in [0, 0.05) is 19.7 Å². The zero-order valence-electron chi connectivity index (χ0n) is 13.0. The van der Waals surface area contributed by atoms with Gasteiger partial charge in [-0.1, -0.05) is 13.8 Å². The first-order valence-electron chi connectivity index (χ1n) is 7.61. The first-order valence-corrected chi connectivity index (χ1v) is 7.98. The summed E-state index contributed by atoms with van der Waals surface area (Å²) in [5, 5.41) is 3.55. The summed E-state index contributed by atoms with van der Waals surface area (Å²) in [6.45, 7) is 9.54. The van der Waals surface area contributed by atoms with Gasteiger partial charge in [0.1, 0.15) is 0 Å². The molecule has 2 rings (SSSR count). The van der Waals surface area contributed by atoms with Gasteiger partial charge >= 0.3 is 0 Å². The minimum atomic E-state index is 0.148. The number of ether oxygens (including phenoxy) is 1. The van der Waals surface area contributed by atoms with Crippen LogP contribution in [0.25, 0.3) is 0 Å². The largest absolute Gasteiger partial charge is 0.380 e. The Bertz CT molecular complexity index is 451. The monoisotopic (exact) mass is 313 g/mol. The molecule has 1 saturated heterocycles. The molecule has 0 aromatic carbocycles. The lowest BCUT2D eigenvalue weighted by molar-refractivity contribution is 0.126. The molecule has 0 saturated carbocycles. The highest BCUT2D eigenvalue weighted by atomic mass is 35.5. The second-order valence-electron chi connectivity index (χ2n) is 5.58. The lowest BCUT2D eigenvalue weighted by atomic mass is 10.1. The van der Waals surface area contributed by atoms with Crippen LogP contribution < -0.4 is 10.2 Å². The molecule has 7 heteroatoms. The van der Waals surface area contributed by atoms with Crippen molar-refractivity contribution in [3.05, 3.63) is 5.28 Å². The number of aromatic nitrogens is 3. The van der Waals surface area contributed by atoms with Crippen molar-refractivity contribution in [2.75, 3.05) is 36.5 Å². The molecule has 0 radical (unpaired) electrons. The Morgan fingerprint density at radius 1 is 1.24 bits per heavy atom. The van der Waals surface area contributed by atoms with Crippen molar-refractivity contribution in [2.45, 2.75) is 39.7 Å². The highest BCUT2D eigenvalue weighted by Gasteiger charge is 2.19. The average molecular weight is 314 g/mol. The van der Waals surface area contributed by atoms with Gasteiger partial charge in [0.15, 0.2) is 0 Å².